The number of anilines is 1. The molecular formula is C14H17BrN4S. The van der Waals surface area contributed by atoms with Gasteiger partial charge in [0.1, 0.15) is 16.6 Å². The highest BCUT2D eigenvalue weighted by molar-refractivity contribution is 9.10. The van der Waals surface area contributed by atoms with Crippen molar-refractivity contribution in [3.63, 3.8) is 0 Å². The predicted molar refractivity (Wildman–Crippen MR) is 85.0 cm³/mol. The Bertz CT molecular complexity index is 620. The normalized spacial score (nSPS) is 15.9. The van der Waals surface area contributed by atoms with Gasteiger partial charge in [-0.25, -0.2) is 15.0 Å². The molecule has 6 heteroatoms. The first-order valence-corrected chi connectivity index (χ1v) is 8.53. The minimum absolute atomic E-state index is 0.520. The van der Waals surface area contributed by atoms with Gasteiger partial charge in [-0.2, -0.15) is 0 Å². The van der Waals surface area contributed by atoms with Crippen molar-refractivity contribution in [3.05, 3.63) is 32.1 Å². The number of nitrogen functional groups attached to an aromatic ring is 1. The molecule has 20 heavy (non-hydrogen) atoms. The van der Waals surface area contributed by atoms with Gasteiger partial charge in [-0.05, 0) is 35.7 Å². The summed E-state index contributed by atoms with van der Waals surface area (Å²) in [5.74, 6) is 1.85. The Labute approximate surface area is 131 Å². The van der Waals surface area contributed by atoms with Crippen molar-refractivity contribution in [2.24, 2.45) is 0 Å². The first kappa shape index (κ1) is 13.9. The van der Waals surface area contributed by atoms with E-state index in [0.29, 0.717) is 18.2 Å². The van der Waals surface area contributed by atoms with E-state index in [9.17, 15) is 0 Å². The van der Waals surface area contributed by atoms with Gasteiger partial charge in [-0.1, -0.05) is 12.8 Å². The summed E-state index contributed by atoms with van der Waals surface area (Å²) < 4.78 is 0.878. The van der Waals surface area contributed by atoms with Crippen LogP contribution < -0.4 is 5.73 Å². The van der Waals surface area contributed by atoms with Gasteiger partial charge < -0.3 is 5.73 Å². The molecule has 1 saturated carbocycles. The molecule has 106 valence electrons. The molecule has 0 aliphatic heterocycles. The third-order valence-corrected chi connectivity index (χ3v) is 5.45. The van der Waals surface area contributed by atoms with Gasteiger partial charge in [0.05, 0.1) is 16.6 Å². The Kier molecular flexibility index (Phi) is 4.03. The van der Waals surface area contributed by atoms with Crippen molar-refractivity contribution in [1.82, 2.24) is 15.0 Å². The monoisotopic (exact) mass is 352 g/mol. The van der Waals surface area contributed by atoms with Crippen molar-refractivity contribution in [3.8, 4) is 0 Å². The number of hydrogen-bond donors (Lipinski definition) is 1. The minimum Gasteiger partial charge on any atom is -0.383 e. The van der Waals surface area contributed by atoms with Crippen LogP contribution in [0.5, 0.6) is 0 Å². The van der Waals surface area contributed by atoms with E-state index in [1.165, 1.54) is 25.7 Å². The summed E-state index contributed by atoms with van der Waals surface area (Å²) in [5, 5.41) is 3.09. The summed E-state index contributed by atoms with van der Waals surface area (Å²) in [5.41, 5.74) is 8.16. The number of thiazole rings is 1. The lowest BCUT2D eigenvalue weighted by atomic mass is 10.0. The quantitative estimate of drug-likeness (QED) is 0.911. The number of halogens is 1. The van der Waals surface area contributed by atoms with Gasteiger partial charge in [0.15, 0.2) is 0 Å². The van der Waals surface area contributed by atoms with Crippen LogP contribution in [-0.2, 0) is 6.42 Å². The molecule has 0 atom stereocenters. The molecule has 3 rings (SSSR count). The predicted octanol–water partition coefficient (Wildman–Crippen LogP) is 3.83. The molecule has 0 saturated heterocycles. The van der Waals surface area contributed by atoms with Crippen LogP contribution in [0.4, 0.5) is 5.82 Å². The topological polar surface area (TPSA) is 64.7 Å². The van der Waals surface area contributed by atoms with Crippen molar-refractivity contribution < 1.29 is 0 Å². The van der Waals surface area contributed by atoms with Crippen molar-refractivity contribution >= 4 is 33.1 Å². The maximum Gasteiger partial charge on any atom is 0.141 e. The molecule has 2 aromatic heterocycles. The molecule has 1 aliphatic rings. The Hall–Kier alpha value is -1.01. The van der Waals surface area contributed by atoms with Crippen LogP contribution in [0.2, 0.25) is 0 Å². The maximum atomic E-state index is 6.03. The van der Waals surface area contributed by atoms with Gasteiger partial charge >= 0.3 is 0 Å². The number of rotatable bonds is 3. The molecule has 0 spiro atoms. The number of nitrogens with two attached hydrogens (primary N) is 1. The highest BCUT2D eigenvalue weighted by Gasteiger charge is 2.23. The van der Waals surface area contributed by atoms with Crippen molar-refractivity contribution in [2.75, 3.05) is 5.73 Å². The lowest BCUT2D eigenvalue weighted by molar-refractivity contribution is 0.682. The van der Waals surface area contributed by atoms with Gasteiger partial charge in [0, 0.05) is 17.0 Å². The third-order valence-electron chi connectivity index (χ3n) is 3.67. The molecule has 4 nitrogen and oxygen atoms in total. The van der Waals surface area contributed by atoms with E-state index in [1.54, 1.807) is 11.3 Å². The molecule has 2 heterocycles. The number of aryl methyl sites for hydroxylation is 1. The average molecular weight is 353 g/mol. The van der Waals surface area contributed by atoms with Crippen LogP contribution in [-0.4, -0.2) is 15.0 Å². The van der Waals surface area contributed by atoms with Crippen molar-refractivity contribution in [2.45, 2.75) is 44.9 Å². The van der Waals surface area contributed by atoms with Crippen LogP contribution in [0.3, 0.4) is 0 Å². The molecule has 2 N–H and O–H groups in total. The van der Waals surface area contributed by atoms with E-state index in [1.807, 2.05) is 6.92 Å². The average Bonchev–Trinajstić information content (AvgIpc) is 3.05. The second-order valence-electron chi connectivity index (χ2n) is 5.27. The highest BCUT2D eigenvalue weighted by Crippen LogP contribution is 2.38. The van der Waals surface area contributed by atoms with Crippen LogP contribution in [0, 0.1) is 6.92 Å². The molecule has 1 aliphatic carbocycles. The number of nitrogens with zero attached hydrogens (tertiary/aromatic N) is 3. The summed E-state index contributed by atoms with van der Waals surface area (Å²) in [6.07, 6.45) is 5.62. The molecular weight excluding hydrogens is 336 g/mol. The van der Waals surface area contributed by atoms with E-state index in [4.69, 9.17) is 10.7 Å². The molecule has 2 aromatic rings. The maximum absolute atomic E-state index is 6.03. The Morgan fingerprint density at radius 3 is 2.70 bits per heavy atom. The van der Waals surface area contributed by atoms with Gasteiger partial charge in [-0.15, -0.1) is 11.3 Å². The highest BCUT2D eigenvalue weighted by atomic mass is 79.9. The van der Waals surface area contributed by atoms with Crippen molar-refractivity contribution in [1.29, 1.82) is 0 Å². The fraction of sp³-hybridized carbons (Fsp3) is 0.500. The first-order valence-electron chi connectivity index (χ1n) is 6.86. The molecule has 0 radical (unpaired) electrons. The van der Waals surface area contributed by atoms with Gasteiger partial charge in [0.2, 0.25) is 0 Å². The Morgan fingerprint density at radius 2 is 2.05 bits per heavy atom. The minimum atomic E-state index is 0.520. The SMILES string of the molecule is Cc1csc(Cc2nc(N)c(Br)c(C3CCCC3)n2)n1. The second kappa shape index (κ2) is 5.77. The zero-order valence-corrected chi connectivity index (χ0v) is 13.8. The smallest absolute Gasteiger partial charge is 0.141 e. The fourth-order valence-corrected chi connectivity index (χ4v) is 3.97. The first-order chi connectivity index (χ1) is 9.63. The third kappa shape index (κ3) is 2.86. The molecule has 1 fully saturated rings. The van der Waals surface area contributed by atoms with Crippen LogP contribution in [0.25, 0.3) is 0 Å². The lowest BCUT2D eigenvalue weighted by Gasteiger charge is -2.13. The summed E-state index contributed by atoms with van der Waals surface area (Å²) >= 11 is 5.20. The van der Waals surface area contributed by atoms with Crippen LogP contribution in [0.15, 0.2) is 9.85 Å². The van der Waals surface area contributed by atoms with Gasteiger partial charge in [0.25, 0.3) is 0 Å². The van der Waals surface area contributed by atoms with E-state index in [-0.39, 0.29) is 0 Å². The zero-order valence-electron chi connectivity index (χ0n) is 11.4. The summed E-state index contributed by atoms with van der Waals surface area (Å²) in [6, 6.07) is 0. The standard InChI is InChI=1S/C14H17BrN4S/c1-8-7-20-11(17-8)6-10-18-13(9-4-2-3-5-9)12(15)14(16)19-10/h7,9H,2-6H2,1H3,(H2,16,18,19). The Balaban J connectivity index is 1.91. The second-order valence-corrected chi connectivity index (χ2v) is 7.00. The lowest BCUT2D eigenvalue weighted by Crippen LogP contribution is -2.08. The zero-order chi connectivity index (χ0) is 14.1. The molecule has 0 bridgehead atoms. The van der Waals surface area contributed by atoms with E-state index in [0.717, 1.165) is 26.7 Å². The van der Waals surface area contributed by atoms with Gasteiger partial charge in [-0.3, -0.25) is 0 Å². The molecule has 0 aromatic carbocycles. The number of aromatic nitrogens is 3. The summed E-state index contributed by atoms with van der Waals surface area (Å²) in [4.78, 5) is 13.6. The van der Waals surface area contributed by atoms with E-state index >= 15 is 0 Å². The van der Waals surface area contributed by atoms with Crippen LogP contribution in [0.1, 0.15) is 53.8 Å². The Morgan fingerprint density at radius 1 is 1.30 bits per heavy atom. The molecule has 0 amide bonds. The van der Waals surface area contributed by atoms with Crippen LogP contribution >= 0.6 is 27.3 Å². The fourth-order valence-electron chi connectivity index (χ4n) is 2.70. The number of hydrogen-bond acceptors (Lipinski definition) is 5. The molecule has 0 unspecified atom stereocenters. The summed E-state index contributed by atoms with van der Waals surface area (Å²) in [7, 11) is 0. The summed E-state index contributed by atoms with van der Waals surface area (Å²) in [6.45, 7) is 2.00. The van der Waals surface area contributed by atoms with E-state index < -0.39 is 0 Å². The van der Waals surface area contributed by atoms with E-state index in [2.05, 4.69) is 31.3 Å². The largest absolute Gasteiger partial charge is 0.383 e.